The predicted molar refractivity (Wildman–Crippen MR) is 77.7 cm³/mol. The van der Waals surface area contributed by atoms with Crippen molar-refractivity contribution in [2.45, 2.75) is 51.3 Å². The first-order valence-electron chi connectivity index (χ1n) is 6.76. The maximum Gasteiger partial charge on any atom is 0.323 e. The van der Waals surface area contributed by atoms with Gasteiger partial charge in [-0.2, -0.15) is 0 Å². The molecule has 2 heterocycles. The van der Waals surface area contributed by atoms with Gasteiger partial charge in [-0.15, -0.1) is 11.3 Å². The molecule has 1 aromatic rings. The summed E-state index contributed by atoms with van der Waals surface area (Å²) in [5.74, 6) is -0.283. The molecular formula is C14H22N2O3S. The fourth-order valence-corrected chi connectivity index (χ4v) is 3.38. The zero-order valence-corrected chi connectivity index (χ0v) is 13.2. The molecule has 0 amide bonds. The van der Waals surface area contributed by atoms with E-state index in [1.807, 2.05) is 4.90 Å². The smallest absolute Gasteiger partial charge is 0.323 e. The molecule has 112 valence electrons. The summed E-state index contributed by atoms with van der Waals surface area (Å²) in [6, 6.07) is -0.364. The molecule has 0 radical (unpaired) electrons. The maximum atomic E-state index is 11.7. The number of thiazole rings is 1. The van der Waals surface area contributed by atoms with E-state index in [2.05, 4.69) is 31.1 Å². The van der Waals surface area contributed by atoms with Crippen molar-refractivity contribution in [3.63, 3.8) is 0 Å². The molecule has 6 heteroatoms. The number of methoxy groups -OCH3 is 1. The Hall–Kier alpha value is -0.980. The highest BCUT2D eigenvalue weighted by Gasteiger charge is 2.37. The van der Waals surface area contributed by atoms with E-state index in [-0.39, 0.29) is 17.4 Å². The van der Waals surface area contributed by atoms with Crippen molar-refractivity contribution < 1.29 is 14.6 Å². The largest absolute Gasteiger partial charge is 0.468 e. The van der Waals surface area contributed by atoms with Crippen LogP contribution in [0.15, 0.2) is 5.38 Å². The van der Waals surface area contributed by atoms with E-state index in [0.29, 0.717) is 19.5 Å². The van der Waals surface area contributed by atoms with Crippen LogP contribution < -0.4 is 0 Å². The zero-order chi connectivity index (χ0) is 14.9. The molecule has 2 unspecified atom stereocenters. The molecule has 1 aromatic heterocycles. The number of carbonyl (C=O) groups is 1. The van der Waals surface area contributed by atoms with Gasteiger partial charge in [0.25, 0.3) is 0 Å². The van der Waals surface area contributed by atoms with Gasteiger partial charge >= 0.3 is 5.97 Å². The van der Waals surface area contributed by atoms with Crippen LogP contribution in [0, 0.1) is 0 Å². The lowest BCUT2D eigenvalue weighted by Crippen LogP contribution is -2.36. The predicted octanol–water partition coefficient (Wildman–Crippen LogP) is 1.55. The van der Waals surface area contributed by atoms with Crippen LogP contribution in [0.3, 0.4) is 0 Å². The Kier molecular flexibility index (Phi) is 4.46. The van der Waals surface area contributed by atoms with Crippen molar-refractivity contribution in [1.29, 1.82) is 0 Å². The van der Waals surface area contributed by atoms with Crippen LogP contribution in [-0.4, -0.2) is 46.8 Å². The number of β-amino-alcohol motifs (C(OH)–C–C–N with tert-alkyl or cyclic N) is 1. The average Bonchev–Trinajstić information content (AvgIpc) is 2.95. The number of hydrogen-bond donors (Lipinski definition) is 1. The van der Waals surface area contributed by atoms with Gasteiger partial charge < -0.3 is 9.84 Å². The Bertz CT molecular complexity index is 481. The average molecular weight is 298 g/mol. The number of rotatable bonds is 3. The Labute approximate surface area is 123 Å². The maximum absolute atomic E-state index is 11.7. The topological polar surface area (TPSA) is 62.7 Å². The van der Waals surface area contributed by atoms with Crippen molar-refractivity contribution in [2.24, 2.45) is 0 Å². The molecule has 0 saturated carbocycles. The summed E-state index contributed by atoms with van der Waals surface area (Å²) in [6.07, 6.45) is -0.0365. The molecular weight excluding hydrogens is 276 g/mol. The second-order valence-corrected chi connectivity index (χ2v) is 7.18. The fraction of sp³-hybridized carbons (Fsp3) is 0.714. The minimum atomic E-state index is -0.471. The van der Waals surface area contributed by atoms with Gasteiger partial charge in [-0.1, -0.05) is 20.8 Å². The molecule has 1 fully saturated rings. The van der Waals surface area contributed by atoms with Gasteiger partial charge in [-0.05, 0) is 0 Å². The number of nitrogens with zero attached hydrogens (tertiary/aromatic N) is 2. The second kappa shape index (κ2) is 5.79. The van der Waals surface area contributed by atoms with Crippen LogP contribution in [0.5, 0.6) is 0 Å². The molecule has 20 heavy (non-hydrogen) atoms. The van der Waals surface area contributed by atoms with Crippen molar-refractivity contribution in [3.8, 4) is 0 Å². The quantitative estimate of drug-likeness (QED) is 0.858. The van der Waals surface area contributed by atoms with Gasteiger partial charge in [-0.3, -0.25) is 9.69 Å². The highest BCUT2D eigenvalue weighted by molar-refractivity contribution is 7.09. The lowest BCUT2D eigenvalue weighted by Gasteiger charge is -2.20. The summed E-state index contributed by atoms with van der Waals surface area (Å²) in [7, 11) is 1.38. The number of aromatic nitrogens is 1. The van der Waals surface area contributed by atoms with Gasteiger partial charge in [0.05, 0.1) is 25.5 Å². The minimum Gasteiger partial charge on any atom is -0.468 e. The number of esters is 1. The molecule has 0 spiro atoms. The summed E-state index contributed by atoms with van der Waals surface area (Å²) in [5, 5.41) is 12.8. The number of ether oxygens (including phenoxy) is 1. The van der Waals surface area contributed by atoms with Crippen molar-refractivity contribution in [2.75, 3.05) is 13.7 Å². The van der Waals surface area contributed by atoms with Gasteiger partial charge in [0, 0.05) is 23.8 Å². The van der Waals surface area contributed by atoms with Crippen LogP contribution in [0.1, 0.15) is 37.9 Å². The van der Waals surface area contributed by atoms with Crippen LogP contribution in [-0.2, 0) is 21.5 Å². The summed E-state index contributed by atoms with van der Waals surface area (Å²) in [4.78, 5) is 18.3. The summed E-state index contributed by atoms with van der Waals surface area (Å²) >= 11 is 1.60. The van der Waals surface area contributed by atoms with E-state index in [9.17, 15) is 9.90 Å². The number of aliphatic hydroxyl groups is 1. The molecule has 0 aromatic carbocycles. The SMILES string of the molecule is COC(=O)C1CC(O)CN1Cc1nc(C(C)(C)C)cs1. The van der Waals surface area contributed by atoms with Crippen LogP contribution in [0.2, 0.25) is 0 Å². The third-order valence-electron chi connectivity index (χ3n) is 3.51. The van der Waals surface area contributed by atoms with E-state index >= 15 is 0 Å². The highest BCUT2D eigenvalue weighted by atomic mass is 32.1. The van der Waals surface area contributed by atoms with E-state index in [0.717, 1.165) is 10.7 Å². The summed E-state index contributed by atoms with van der Waals surface area (Å²) in [6.45, 7) is 7.45. The number of hydrogen-bond acceptors (Lipinski definition) is 6. The first-order chi connectivity index (χ1) is 9.31. The molecule has 1 aliphatic heterocycles. The Morgan fingerprint density at radius 3 is 2.85 bits per heavy atom. The van der Waals surface area contributed by atoms with Crippen LogP contribution in [0.4, 0.5) is 0 Å². The third kappa shape index (κ3) is 3.37. The number of carbonyl (C=O) groups excluding carboxylic acids is 1. The lowest BCUT2D eigenvalue weighted by molar-refractivity contribution is -0.146. The Morgan fingerprint density at radius 2 is 2.30 bits per heavy atom. The van der Waals surface area contributed by atoms with Gasteiger partial charge in [-0.25, -0.2) is 4.98 Å². The van der Waals surface area contributed by atoms with Crippen molar-refractivity contribution in [1.82, 2.24) is 9.88 Å². The first-order valence-corrected chi connectivity index (χ1v) is 7.64. The molecule has 2 rings (SSSR count). The lowest BCUT2D eigenvalue weighted by atomic mass is 9.93. The monoisotopic (exact) mass is 298 g/mol. The molecule has 0 bridgehead atoms. The van der Waals surface area contributed by atoms with Crippen LogP contribution in [0.25, 0.3) is 0 Å². The minimum absolute atomic E-state index is 0.0288. The van der Waals surface area contributed by atoms with E-state index in [1.54, 1.807) is 11.3 Å². The summed E-state index contributed by atoms with van der Waals surface area (Å²) < 4.78 is 4.80. The standard InChI is InChI=1S/C14H22N2O3S/c1-14(2,3)11-8-20-12(15-11)7-16-6-9(17)5-10(16)13(18)19-4/h8-10,17H,5-7H2,1-4H3. The second-order valence-electron chi connectivity index (χ2n) is 6.23. The molecule has 5 nitrogen and oxygen atoms in total. The van der Waals surface area contributed by atoms with Gasteiger partial charge in [0.1, 0.15) is 11.0 Å². The van der Waals surface area contributed by atoms with Gasteiger partial charge in [0.15, 0.2) is 0 Å². The number of aliphatic hydroxyl groups excluding tert-OH is 1. The Balaban J connectivity index is 2.08. The molecule has 1 saturated heterocycles. The zero-order valence-electron chi connectivity index (χ0n) is 12.4. The third-order valence-corrected chi connectivity index (χ3v) is 4.35. The molecule has 2 atom stereocenters. The van der Waals surface area contributed by atoms with E-state index < -0.39 is 6.10 Å². The van der Waals surface area contributed by atoms with Crippen molar-refractivity contribution >= 4 is 17.3 Å². The Morgan fingerprint density at radius 1 is 1.60 bits per heavy atom. The highest BCUT2D eigenvalue weighted by Crippen LogP contribution is 2.27. The van der Waals surface area contributed by atoms with E-state index in [1.165, 1.54) is 7.11 Å². The molecule has 1 aliphatic rings. The van der Waals surface area contributed by atoms with E-state index in [4.69, 9.17) is 4.74 Å². The van der Waals surface area contributed by atoms with Crippen LogP contribution >= 0.6 is 11.3 Å². The first kappa shape index (κ1) is 15.4. The summed E-state index contributed by atoms with van der Waals surface area (Å²) in [5.41, 5.74) is 1.09. The fourth-order valence-electron chi connectivity index (χ4n) is 2.34. The molecule has 1 N–H and O–H groups in total. The van der Waals surface area contributed by atoms with Gasteiger partial charge in [0.2, 0.25) is 0 Å². The van der Waals surface area contributed by atoms with Crippen molar-refractivity contribution in [3.05, 3.63) is 16.1 Å². The normalized spacial score (nSPS) is 24.1. The molecule has 0 aliphatic carbocycles. The number of likely N-dealkylation sites (tertiary alicyclic amines) is 1.